The Balaban J connectivity index is 1.26. The molecule has 1 aliphatic heterocycles. The average Bonchev–Trinajstić information content (AvgIpc) is 2.79. The lowest BCUT2D eigenvalue weighted by molar-refractivity contribution is 0.0403. The molecule has 30 heavy (non-hydrogen) atoms. The zero-order valence-electron chi connectivity index (χ0n) is 16.7. The largest absolute Gasteiger partial charge is 0.490 e. The second-order valence-electron chi connectivity index (χ2n) is 7.52. The predicted octanol–water partition coefficient (Wildman–Crippen LogP) is 3.80. The van der Waals surface area contributed by atoms with E-state index in [4.69, 9.17) is 4.74 Å². The summed E-state index contributed by atoms with van der Waals surface area (Å²) in [4.78, 5) is 16.6. The number of hydrogen-bond acceptors (Lipinski definition) is 4. The van der Waals surface area contributed by atoms with Gasteiger partial charge in [0.15, 0.2) is 0 Å². The van der Waals surface area contributed by atoms with Gasteiger partial charge in [-0.2, -0.15) is 0 Å². The summed E-state index contributed by atoms with van der Waals surface area (Å²) in [5.41, 5.74) is 0.723. The predicted molar refractivity (Wildman–Crippen MR) is 122 cm³/mol. The summed E-state index contributed by atoms with van der Waals surface area (Å²) in [6.45, 7) is 3.57. The number of fused-ring (bicyclic) bond motifs is 1. The van der Waals surface area contributed by atoms with E-state index in [2.05, 4.69) is 26.9 Å². The van der Waals surface area contributed by atoms with Crippen LogP contribution in [0.5, 0.6) is 5.75 Å². The van der Waals surface area contributed by atoms with Crippen molar-refractivity contribution >= 4 is 32.6 Å². The van der Waals surface area contributed by atoms with Crippen LogP contribution < -0.4 is 4.74 Å². The number of halogens is 1. The number of aliphatic hydroxyl groups is 1. The van der Waals surface area contributed by atoms with E-state index in [0.29, 0.717) is 19.6 Å². The van der Waals surface area contributed by atoms with Gasteiger partial charge in [0.2, 0.25) is 0 Å². The summed E-state index contributed by atoms with van der Waals surface area (Å²) in [7, 11) is 0. The first-order valence-electron chi connectivity index (χ1n) is 10.2. The Morgan fingerprint density at radius 1 is 0.967 bits per heavy atom. The van der Waals surface area contributed by atoms with Crippen molar-refractivity contribution in [3.05, 3.63) is 76.8 Å². The van der Waals surface area contributed by atoms with E-state index in [9.17, 15) is 9.90 Å². The van der Waals surface area contributed by atoms with Crippen molar-refractivity contribution in [1.29, 1.82) is 0 Å². The van der Waals surface area contributed by atoms with Gasteiger partial charge in [-0.15, -0.1) is 0 Å². The van der Waals surface area contributed by atoms with Crippen LogP contribution in [0.2, 0.25) is 0 Å². The van der Waals surface area contributed by atoms with Crippen LogP contribution in [0.25, 0.3) is 10.8 Å². The van der Waals surface area contributed by atoms with E-state index in [-0.39, 0.29) is 12.5 Å². The van der Waals surface area contributed by atoms with Crippen molar-refractivity contribution in [2.75, 3.05) is 39.3 Å². The molecule has 1 fully saturated rings. The molecule has 1 saturated heterocycles. The van der Waals surface area contributed by atoms with Gasteiger partial charge in [0.05, 0.1) is 4.47 Å². The van der Waals surface area contributed by atoms with Gasteiger partial charge in [-0.1, -0.05) is 48.5 Å². The molecular weight excluding hydrogens is 444 g/mol. The molecule has 1 amide bonds. The molecule has 3 aromatic carbocycles. The average molecular weight is 469 g/mol. The summed E-state index contributed by atoms with van der Waals surface area (Å²) < 4.78 is 6.78. The van der Waals surface area contributed by atoms with Crippen LogP contribution in [0.1, 0.15) is 10.4 Å². The Bertz CT molecular complexity index is 1000. The van der Waals surface area contributed by atoms with Crippen molar-refractivity contribution in [2.24, 2.45) is 0 Å². The van der Waals surface area contributed by atoms with Crippen LogP contribution in [-0.4, -0.2) is 66.2 Å². The fourth-order valence-corrected chi connectivity index (χ4v) is 4.37. The highest BCUT2D eigenvalue weighted by Crippen LogP contribution is 2.33. The lowest BCUT2D eigenvalue weighted by Crippen LogP contribution is -2.50. The van der Waals surface area contributed by atoms with Crippen molar-refractivity contribution in [2.45, 2.75) is 6.10 Å². The minimum absolute atomic E-state index is 0.0697. The zero-order valence-corrected chi connectivity index (χ0v) is 18.3. The second-order valence-corrected chi connectivity index (χ2v) is 8.32. The number of ether oxygens (including phenoxy) is 1. The first kappa shape index (κ1) is 20.8. The minimum Gasteiger partial charge on any atom is -0.490 e. The van der Waals surface area contributed by atoms with Gasteiger partial charge in [-0.05, 0) is 44.9 Å². The third-order valence-corrected chi connectivity index (χ3v) is 6.23. The summed E-state index contributed by atoms with van der Waals surface area (Å²) in [5, 5.41) is 12.7. The number of aliphatic hydroxyl groups excluding tert-OH is 1. The number of carbonyl (C=O) groups is 1. The van der Waals surface area contributed by atoms with Crippen LogP contribution in [0.4, 0.5) is 0 Å². The van der Waals surface area contributed by atoms with Crippen LogP contribution in [0.3, 0.4) is 0 Å². The van der Waals surface area contributed by atoms with E-state index in [1.54, 1.807) is 0 Å². The Kier molecular flexibility index (Phi) is 6.67. The summed E-state index contributed by atoms with van der Waals surface area (Å²) in [5.74, 6) is 0.798. The molecule has 0 bridgehead atoms. The molecule has 0 saturated carbocycles. The maximum atomic E-state index is 12.5. The van der Waals surface area contributed by atoms with E-state index in [1.165, 1.54) is 0 Å². The molecule has 0 spiro atoms. The summed E-state index contributed by atoms with van der Waals surface area (Å²) in [6.07, 6.45) is -0.597. The molecule has 1 atom stereocenters. The Labute approximate surface area is 185 Å². The molecule has 1 N–H and O–H groups in total. The zero-order chi connectivity index (χ0) is 20.9. The molecule has 4 rings (SSSR count). The molecule has 0 aromatic heterocycles. The highest BCUT2D eigenvalue weighted by molar-refractivity contribution is 9.10. The number of rotatable bonds is 6. The fraction of sp³-hybridized carbons (Fsp3) is 0.292. The molecule has 3 aromatic rings. The van der Waals surface area contributed by atoms with Gasteiger partial charge in [-0.25, -0.2) is 0 Å². The number of benzene rings is 3. The van der Waals surface area contributed by atoms with Gasteiger partial charge in [0.1, 0.15) is 18.5 Å². The van der Waals surface area contributed by atoms with Crippen molar-refractivity contribution < 1.29 is 14.6 Å². The Hall–Kier alpha value is -2.41. The molecule has 1 aliphatic rings. The number of nitrogens with zero attached hydrogens (tertiary/aromatic N) is 2. The third-order valence-electron chi connectivity index (χ3n) is 5.41. The molecule has 0 aliphatic carbocycles. The lowest BCUT2D eigenvalue weighted by Gasteiger charge is -2.35. The van der Waals surface area contributed by atoms with E-state index in [1.807, 2.05) is 65.6 Å². The number of piperazine rings is 1. The first-order valence-corrected chi connectivity index (χ1v) is 11.0. The monoisotopic (exact) mass is 468 g/mol. The molecule has 0 radical (unpaired) electrons. The minimum atomic E-state index is -0.597. The third kappa shape index (κ3) is 4.83. The smallest absolute Gasteiger partial charge is 0.253 e. The maximum Gasteiger partial charge on any atom is 0.253 e. The van der Waals surface area contributed by atoms with Gasteiger partial charge in [0, 0.05) is 38.3 Å². The number of amides is 1. The van der Waals surface area contributed by atoms with Crippen LogP contribution in [0, 0.1) is 0 Å². The highest BCUT2D eigenvalue weighted by atomic mass is 79.9. The topological polar surface area (TPSA) is 53.0 Å². The molecule has 5 nitrogen and oxygen atoms in total. The van der Waals surface area contributed by atoms with E-state index >= 15 is 0 Å². The van der Waals surface area contributed by atoms with Crippen molar-refractivity contribution in [1.82, 2.24) is 9.80 Å². The number of carbonyl (C=O) groups excluding carboxylic acids is 1. The molecule has 1 unspecified atom stereocenters. The normalized spacial score (nSPS) is 15.9. The number of hydrogen-bond donors (Lipinski definition) is 1. The number of β-amino-alcohol motifs (C(OH)–C–C–N with tert-alkyl or cyclic N) is 1. The van der Waals surface area contributed by atoms with Gasteiger partial charge in [-0.3, -0.25) is 9.69 Å². The highest BCUT2D eigenvalue weighted by Gasteiger charge is 2.23. The van der Waals surface area contributed by atoms with Gasteiger partial charge in [0.25, 0.3) is 5.91 Å². The molecule has 6 heteroatoms. The molecule has 1 heterocycles. The molecular formula is C24H25BrN2O3. The van der Waals surface area contributed by atoms with Crippen LogP contribution in [0.15, 0.2) is 71.2 Å². The van der Waals surface area contributed by atoms with Gasteiger partial charge < -0.3 is 14.7 Å². The molecule has 156 valence electrons. The fourth-order valence-electron chi connectivity index (χ4n) is 3.76. The Morgan fingerprint density at radius 2 is 1.67 bits per heavy atom. The summed E-state index contributed by atoms with van der Waals surface area (Å²) in [6, 6.07) is 21.4. The van der Waals surface area contributed by atoms with E-state index < -0.39 is 6.10 Å². The van der Waals surface area contributed by atoms with Crippen molar-refractivity contribution in [3.8, 4) is 5.75 Å². The maximum absolute atomic E-state index is 12.5. The standard InChI is InChI=1S/C24H25BrN2O3/c25-23-21-9-5-4-6-18(21)10-11-22(23)30-17-20(28)16-26-12-14-27(15-13-26)24(29)19-7-2-1-3-8-19/h1-11,20,28H,12-17H2. The van der Waals surface area contributed by atoms with Gasteiger partial charge >= 0.3 is 0 Å². The quantitative estimate of drug-likeness (QED) is 0.597. The van der Waals surface area contributed by atoms with Crippen LogP contribution in [-0.2, 0) is 0 Å². The van der Waals surface area contributed by atoms with Crippen molar-refractivity contribution in [3.63, 3.8) is 0 Å². The Morgan fingerprint density at radius 3 is 2.43 bits per heavy atom. The lowest BCUT2D eigenvalue weighted by atomic mass is 10.1. The second kappa shape index (κ2) is 9.60. The first-order chi connectivity index (χ1) is 14.6. The summed E-state index contributed by atoms with van der Waals surface area (Å²) >= 11 is 3.62. The van der Waals surface area contributed by atoms with Crippen LogP contribution >= 0.6 is 15.9 Å². The SMILES string of the molecule is O=C(c1ccccc1)N1CCN(CC(O)COc2ccc3ccccc3c2Br)CC1. The van der Waals surface area contributed by atoms with E-state index in [0.717, 1.165) is 39.6 Å².